The summed E-state index contributed by atoms with van der Waals surface area (Å²) >= 11 is 0. The fourth-order valence-electron chi connectivity index (χ4n) is 3.82. The summed E-state index contributed by atoms with van der Waals surface area (Å²) in [6.45, 7) is 8.19. The summed E-state index contributed by atoms with van der Waals surface area (Å²) in [4.78, 5) is 11.5. The number of halogens is 1. The lowest BCUT2D eigenvalue weighted by atomic mass is 9.93. The van der Waals surface area contributed by atoms with Gasteiger partial charge in [0.2, 0.25) is 0 Å². The molecule has 1 aromatic carbocycles. The van der Waals surface area contributed by atoms with Crippen LogP contribution in [-0.2, 0) is 6.42 Å². The van der Waals surface area contributed by atoms with E-state index in [-0.39, 0.29) is 24.0 Å². The summed E-state index contributed by atoms with van der Waals surface area (Å²) in [7, 11) is 1.71. The number of ether oxygens (including phenoxy) is 1. The van der Waals surface area contributed by atoms with Crippen LogP contribution in [0, 0.1) is 5.92 Å². The molecule has 0 spiro atoms. The van der Waals surface area contributed by atoms with Gasteiger partial charge in [0.25, 0.3) is 0 Å². The first-order valence-corrected chi connectivity index (χ1v) is 10.3. The summed E-state index contributed by atoms with van der Waals surface area (Å²) in [5.41, 5.74) is 1.30. The van der Waals surface area contributed by atoms with Gasteiger partial charge in [-0.15, -0.1) is 24.0 Å². The number of aliphatic imine (C=N–C) groups is 1. The SMILES string of the molecule is CCNC(=NCCCc1cccc(OC)c1)N1CCC(C)C(n2ccnc2)C1.I. The molecule has 1 aliphatic heterocycles. The van der Waals surface area contributed by atoms with E-state index in [2.05, 4.69) is 51.9 Å². The van der Waals surface area contributed by atoms with E-state index in [4.69, 9.17) is 9.73 Å². The molecule has 7 heteroatoms. The number of nitrogens with zero attached hydrogens (tertiary/aromatic N) is 4. The smallest absolute Gasteiger partial charge is 0.193 e. The van der Waals surface area contributed by atoms with Gasteiger partial charge in [-0.1, -0.05) is 19.1 Å². The molecule has 2 aromatic rings. The van der Waals surface area contributed by atoms with Crippen molar-refractivity contribution in [2.45, 2.75) is 39.2 Å². The van der Waals surface area contributed by atoms with Crippen molar-refractivity contribution in [3.05, 3.63) is 48.5 Å². The van der Waals surface area contributed by atoms with E-state index in [0.29, 0.717) is 12.0 Å². The van der Waals surface area contributed by atoms with Crippen LogP contribution < -0.4 is 10.1 Å². The molecule has 0 amide bonds. The fourth-order valence-corrected chi connectivity index (χ4v) is 3.82. The van der Waals surface area contributed by atoms with Gasteiger partial charge in [-0.2, -0.15) is 0 Å². The second kappa shape index (κ2) is 12.0. The fraction of sp³-hybridized carbons (Fsp3) is 0.545. The first-order valence-electron chi connectivity index (χ1n) is 10.3. The Balaban J connectivity index is 0.00000300. The summed E-state index contributed by atoms with van der Waals surface area (Å²) in [6, 6.07) is 8.73. The minimum atomic E-state index is 0. The summed E-state index contributed by atoms with van der Waals surface area (Å²) in [6.07, 6.45) is 9.07. The Morgan fingerprint density at radius 3 is 2.97 bits per heavy atom. The van der Waals surface area contributed by atoms with E-state index in [1.54, 1.807) is 7.11 Å². The number of hydrogen-bond donors (Lipinski definition) is 1. The van der Waals surface area contributed by atoms with Crippen LogP contribution in [0.25, 0.3) is 0 Å². The number of benzene rings is 1. The van der Waals surface area contributed by atoms with Gasteiger partial charge >= 0.3 is 0 Å². The molecule has 29 heavy (non-hydrogen) atoms. The van der Waals surface area contributed by atoms with Gasteiger partial charge in [-0.05, 0) is 49.8 Å². The van der Waals surface area contributed by atoms with Crippen molar-refractivity contribution in [3.8, 4) is 5.75 Å². The molecule has 1 N–H and O–H groups in total. The molecule has 2 unspecified atom stereocenters. The van der Waals surface area contributed by atoms with E-state index in [1.165, 1.54) is 5.56 Å². The molecule has 160 valence electrons. The van der Waals surface area contributed by atoms with Crippen molar-refractivity contribution in [2.24, 2.45) is 10.9 Å². The second-order valence-electron chi connectivity index (χ2n) is 7.48. The number of methoxy groups -OCH3 is 1. The van der Waals surface area contributed by atoms with Crippen LogP contribution in [0.2, 0.25) is 0 Å². The number of rotatable bonds is 7. The zero-order chi connectivity index (χ0) is 19.8. The molecule has 1 aromatic heterocycles. The van der Waals surface area contributed by atoms with Gasteiger partial charge in [-0.3, -0.25) is 4.99 Å². The number of hydrogen-bond acceptors (Lipinski definition) is 3. The zero-order valence-electron chi connectivity index (χ0n) is 17.8. The first kappa shape index (κ1) is 23.5. The second-order valence-corrected chi connectivity index (χ2v) is 7.48. The highest BCUT2D eigenvalue weighted by Gasteiger charge is 2.28. The van der Waals surface area contributed by atoms with Crippen molar-refractivity contribution in [3.63, 3.8) is 0 Å². The Kier molecular flexibility index (Phi) is 9.76. The van der Waals surface area contributed by atoms with Crippen LogP contribution in [0.4, 0.5) is 0 Å². The average Bonchev–Trinajstić information content (AvgIpc) is 3.25. The number of nitrogens with one attached hydrogen (secondary N) is 1. The molecule has 0 saturated carbocycles. The molecule has 3 rings (SSSR count). The van der Waals surface area contributed by atoms with Crippen LogP contribution >= 0.6 is 24.0 Å². The Bertz CT molecular complexity index is 749. The molecule has 1 fully saturated rings. The van der Waals surface area contributed by atoms with Crippen LogP contribution in [0.5, 0.6) is 5.75 Å². The Labute approximate surface area is 191 Å². The maximum Gasteiger partial charge on any atom is 0.193 e. The molecular formula is C22H34IN5O. The number of imidazole rings is 1. The highest BCUT2D eigenvalue weighted by atomic mass is 127. The highest BCUT2D eigenvalue weighted by Crippen LogP contribution is 2.27. The number of guanidine groups is 1. The summed E-state index contributed by atoms with van der Waals surface area (Å²) in [5, 5.41) is 3.48. The monoisotopic (exact) mass is 511 g/mol. The predicted molar refractivity (Wildman–Crippen MR) is 129 cm³/mol. The predicted octanol–water partition coefficient (Wildman–Crippen LogP) is 3.99. The van der Waals surface area contributed by atoms with Gasteiger partial charge < -0.3 is 19.5 Å². The largest absolute Gasteiger partial charge is 0.497 e. The van der Waals surface area contributed by atoms with E-state index in [9.17, 15) is 0 Å². The third-order valence-corrected chi connectivity index (χ3v) is 5.48. The lowest BCUT2D eigenvalue weighted by Gasteiger charge is -2.39. The topological polar surface area (TPSA) is 54.7 Å². The summed E-state index contributed by atoms with van der Waals surface area (Å²) in [5.74, 6) is 2.59. The Morgan fingerprint density at radius 2 is 2.24 bits per heavy atom. The number of aromatic nitrogens is 2. The van der Waals surface area contributed by atoms with Gasteiger partial charge in [0.1, 0.15) is 5.75 Å². The van der Waals surface area contributed by atoms with Crippen LogP contribution in [0.3, 0.4) is 0 Å². The molecule has 6 nitrogen and oxygen atoms in total. The van der Waals surface area contributed by atoms with Crippen LogP contribution in [-0.4, -0.2) is 53.7 Å². The van der Waals surface area contributed by atoms with Crippen molar-refractivity contribution in [1.82, 2.24) is 19.8 Å². The maximum atomic E-state index is 5.31. The first-order chi connectivity index (χ1) is 13.7. The molecule has 0 aliphatic carbocycles. The van der Waals surface area contributed by atoms with Crippen molar-refractivity contribution in [2.75, 3.05) is 33.3 Å². The van der Waals surface area contributed by atoms with Crippen LogP contribution in [0.15, 0.2) is 48.0 Å². The molecule has 0 radical (unpaired) electrons. The van der Waals surface area contributed by atoms with Gasteiger partial charge in [0.05, 0.1) is 19.5 Å². The molecule has 1 saturated heterocycles. The molecular weight excluding hydrogens is 477 g/mol. The highest BCUT2D eigenvalue weighted by molar-refractivity contribution is 14.0. The van der Waals surface area contributed by atoms with Crippen LogP contribution in [0.1, 0.15) is 38.3 Å². The Morgan fingerprint density at radius 1 is 1.38 bits per heavy atom. The average molecular weight is 511 g/mol. The normalized spacial score (nSPS) is 19.6. The summed E-state index contributed by atoms with van der Waals surface area (Å²) < 4.78 is 7.55. The Hall–Kier alpha value is -1.77. The number of piperidine rings is 1. The van der Waals surface area contributed by atoms with Crippen molar-refractivity contribution < 1.29 is 4.74 Å². The van der Waals surface area contributed by atoms with Gasteiger partial charge in [-0.25, -0.2) is 4.98 Å². The molecule has 2 heterocycles. The lowest BCUT2D eigenvalue weighted by molar-refractivity contribution is 0.189. The number of likely N-dealkylation sites (tertiary alicyclic amines) is 1. The standard InChI is InChI=1S/C22H33N5O.HI/c1-4-24-22(25-11-6-8-19-7-5-9-20(15-19)28-3)26-13-10-18(2)21(16-26)27-14-12-23-17-27;/h5,7,9,12,14-15,17-18,21H,4,6,8,10-11,13,16H2,1-3H3,(H,24,25);1H. The zero-order valence-corrected chi connectivity index (χ0v) is 20.1. The number of aryl methyl sites for hydroxylation is 1. The van der Waals surface area contributed by atoms with Crippen molar-refractivity contribution >= 4 is 29.9 Å². The molecule has 0 bridgehead atoms. The van der Waals surface area contributed by atoms with E-state index < -0.39 is 0 Å². The molecule has 2 atom stereocenters. The third-order valence-electron chi connectivity index (χ3n) is 5.48. The third kappa shape index (κ3) is 6.62. The van der Waals surface area contributed by atoms with Gasteiger partial charge in [0, 0.05) is 38.6 Å². The van der Waals surface area contributed by atoms with E-state index in [1.807, 2.05) is 24.7 Å². The van der Waals surface area contributed by atoms with Crippen molar-refractivity contribution in [1.29, 1.82) is 0 Å². The minimum Gasteiger partial charge on any atom is -0.497 e. The van der Waals surface area contributed by atoms with E-state index >= 15 is 0 Å². The van der Waals surface area contributed by atoms with E-state index in [0.717, 1.165) is 57.2 Å². The van der Waals surface area contributed by atoms with Gasteiger partial charge in [0.15, 0.2) is 5.96 Å². The lowest BCUT2D eigenvalue weighted by Crippen LogP contribution is -2.49. The maximum absolute atomic E-state index is 5.31. The minimum absolute atomic E-state index is 0. The molecule has 1 aliphatic rings. The quantitative estimate of drug-likeness (QED) is 0.265.